The van der Waals surface area contributed by atoms with Crippen LogP contribution in [-0.4, -0.2) is 96.0 Å². The van der Waals surface area contributed by atoms with E-state index in [1.807, 2.05) is 13.8 Å². The Bertz CT molecular complexity index is 994. The molecule has 10 nitrogen and oxygen atoms in total. The molecule has 3 fully saturated rings. The maximum atomic E-state index is 13.0. The average molecular weight is 479 g/mol. The largest absolute Gasteiger partial charge is 0.373 e. The van der Waals surface area contributed by atoms with Gasteiger partial charge in [0.25, 0.3) is 16.1 Å². The molecule has 3 aliphatic heterocycles. The summed E-state index contributed by atoms with van der Waals surface area (Å²) in [7, 11) is -3.60. The van der Waals surface area contributed by atoms with Crippen LogP contribution >= 0.6 is 0 Å². The molecule has 0 saturated carbocycles. The predicted molar refractivity (Wildman–Crippen MR) is 119 cm³/mol. The Hall–Kier alpha value is -2.34. The normalized spacial score (nSPS) is 25.6. The number of carbonyl (C=O) groups excluding carboxylic acids is 3. The number of piperazine rings is 1. The number of nitrogens with zero attached hydrogens (tertiary/aromatic N) is 4. The molecule has 0 spiro atoms. The lowest BCUT2D eigenvalue weighted by Crippen LogP contribution is -2.57. The lowest BCUT2D eigenvalue weighted by Gasteiger charge is -2.40. The van der Waals surface area contributed by atoms with Crippen LogP contribution in [0.5, 0.6) is 0 Å². The quantitative estimate of drug-likeness (QED) is 0.569. The molecule has 1 aromatic rings. The molecular weight excluding hydrogens is 448 g/mol. The van der Waals surface area contributed by atoms with Crippen LogP contribution in [0.4, 0.5) is 0 Å². The van der Waals surface area contributed by atoms with Gasteiger partial charge in [-0.15, -0.1) is 0 Å². The molecule has 180 valence electrons. The van der Waals surface area contributed by atoms with E-state index in [2.05, 4.69) is 0 Å². The molecule has 0 aromatic heterocycles. The number of hydrogen-bond acceptors (Lipinski definition) is 6. The topological polar surface area (TPSA) is 108 Å². The van der Waals surface area contributed by atoms with Crippen molar-refractivity contribution in [3.63, 3.8) is 0 Å². The van der Waals surface area contributed by atoms with Crippen LogP contribution in [-0.2, 0) is 31.1 Å². The summed E-state index contributed by atoms with van der Waals surface area (Å²) in [5.74, 6) is -0.511. The second-order valence-electron chi connectivity index (χ2n) is 8.84. The van der Waals surface area contributed by atoms with E-state index in [9.17, 15) is 22.8 Å². The van der Waals surface area contributed by atoms with E-state index in [-0.39, 0.29) is 62.4 Å². The lowest BCUT2D eigenvalue weighted by atomic mass is 10.1. The van der Waals surface area contributed by atoms with E-state index in [0.717, 1.165) is 5.56 Å². The molecule has 3 saturated heterocycles. The fraction of sp³-hybridized carbons (Fsp3) is 0.591. The summed E-state index contributed by atoms with van der Waals surface area (Å²) in [5, 5.41) is 0. The first-order valence-electron chi connectivity index (χ1n) is 11.3. The number of likely N-dealkylation sites (tertiary alicyclic amines) is 1. The van der Waals surface area contributed by atoms with Crippen molar-refractivity contribution < 1.29 is 27.5 Å². The molecule has 0 radical (unpaired) electrons. The van der Waals surface area contributed by atoms with E-state index >= 15 is 0 Å². The summed E-state index contributed by atoms with van der Waals surface area (Å²) < 4.78 is 34.6. The molecule has 11 heteroatoms. The Kier molecular flexibility index (Phi) is 6.85. The second-order valence-corrected chi connectivity index (χ2v) is 10.8. The minimum atomic E-state index is -3.60. The Balaban J connectivity index is 1.33. The SMILES string of the molecule is C[C@H]1CN(S(=O)(=O)N2CCN(C(=O)c3ccc(CN4C(=O)CCC4=O)cc3)CC2)C[C@H](C)O1. The molecule has 33 heavy (non-hydrogen) atoms. The number of amides is 3. The molecule has 3 amide bonds. The molecule has 0 aliphatic carbocycles. The number of rotatable bonds is 5. The predicted octanol–water partition coefficient (Wildman–Crippen LogP) is 0.447. The van der Waals surface area contributed by atoms with E-state index in [0.29, 0.717) is 31.7 Å². The Morgan fingerprint density at radius 3 is 2.00 bits per heavy atom. The molecule has 3 aliphatic rings. The third-order valence-electron chi connectivity index (χ3n) is 6.26. The zero-order valence-electron chi connectivity index (χ0n) is 19.0. The summed E-state index contributed by atoms with van der Waals surface area (Å²) >= 11 is 0. The van der Waals surface area contributed by atoms with Crippen molar-refractivity contribution in [3.8, 4) is 0 Å². The zero-order chi connectivity index (χ0) is 23.8. The first kappa shape index (κ1) is 23.8. The van der Waals surface area contributed by atoms with Gasteiger partial charge in [-0.25, -0.2) is 0 Å². The molecule has 0 bridgehead atoms. The summed E-state index contributed by atoms with van der Waals surface area (Å²) in [6, 6.07) is 6.85. The van der Waals surface area contributed by atoms with Crippen LogP contribution in [0, 0.1) is 0 Å². The highest BCUT2D eigenvalue weighted by atomic mass is 32.2. The van der Waals surface area contributed by atoms with Gasteiger partial charge in [0.05, 0.1) is 18.8 Å². The summed E-state index contributed by atoms with van der Waals surface area (Å²) in [5.41, 5.74) is 1.27. The van der Waals surface area contributed by atoms with Crippen molar-refractivity contribution in [2.24, 2.45) is 0 Å². The number of morpholine rings is 1. The van der Waals surface area contributed by atoms with Gasteiger partial charge < -0.3 is 9.64 Å². The van der Waals surface area contributed by atoms with Crippen molar-refractivity contribution in [2.45, 2.75) is 45.4 Å². The Labute approximate surface area is 194 Å². The Morgan fingerprint density at radius 1 is 0.909 bits per heavy atom. The van der Waals surface area contributed by atoms with Crippen LogP contribution < -0.4 is 0 Å². The van der Waals surface area contributed by atoms with Gasteiger partial charge in [-0.05, 0) is 31.5 Å². The first-order chi connectivity index (χ1) is 15.6. The standard InChI is InChI=1S/C22H30N4O6S/c1-16-13-25(14-17(2)32-16)33(30,31)24-11-9-23(10-12-24)22(29)19-5-3-18(4-6-19)15-26-20(27)7-8-21(26)28/h3-6,16-17H,7-15H2,1-2H3/t16-,17-/m0/s1. The van der Waals surface area contributed by atoms with Gasteiger partial charge in [0.1, 0.15) is 0 Å². The molecule has 1 aromatic carbocycles. The maximum absolute atomic E-state index is 13.0. The average Bonchev–Trinajstić information content (AvgIpc) is 3.10. The maximum Gasteiger partial charge on any atom is 0.282 e. The van der Waals surface area contributed by atoms with Crippen LogP contribution in [0.25, 0.3) is 0 Å². The second kappa shape index (κ2) is 9.49. The van der Waals surface area contributed by atoms with Gasteiger partial charge >= 0.3 is 0 Å². The van der Waals surface area contributed by atoms with Gasteiger partial charge in [0.2, 0.25) is 11.8 Å². The zero-order valence-corrected chi connectivity index (χ0v) is 19.8. The fourth-order valence-corrected chi connectivity index (χ4v) is 6.27. The van der Waals surface area contributed by atoms with Gasteiger partial charge in [-0.2, -0.15) is 17.0 Å². The third-order valence-corrected chi connectivity index (χ3v) is 8.23. The van der Waals surface area contributed by atoms with Crippen molar-refractivity contribution in [1.29, 1.82) is 0 Å². The molecular formula is C22H30N4O6S. The highest BCUT2D eigenvalue weighted by molar-refractivity contribution is 7.86. The minimum absolute atomic E-state index is 0.156. The van der Waals surface area contributed by atoms with E-state index < -0.39 is 10.2 Å². The van der Waals surface area contributed by atoms with Gasteiger partial charge in [0.15, 0.2) is 0 Å². The van der Waals surface area contributed by atoms with Crippen LogP contribution in [0.1, 0.15) is 42.6 Å². The van der Waals surface area contributed by atoms with Crippen LogP contribution in [0.3, 0.4) is 0 Å². The molecule has 3 heterocycles. The third kappa shape index (κ3) is 5.11. The number of hydrogen-bond donors (Lipinski definition) is 0. The summed E-state index contributed by atoms with van der Waals surface area (Å²) in [6.45, 7) is 5.69. The smallest absolute Gasteiger partial charge is 0.282 e. The monoisotopic (exact) mass is 478 g/mol. The number of imide groups is 1. The van der Waals surface area contributed by atoms with Crippen LogP contribution in [0.15, 0.2) is 24.3 Å². The highest BCUT2D eigenvalue weighted by Crippen LogP contribution is 2.20. The molecule has 2 atom stereocenters. The number of benzene rings is 1. The van der Waals surface area contributed by atoms with E-state index in [4.69, 9.17) is 4.74 Å². The number of carbonyl (C=O) groups is 3. The van der Waals surface area contributed by atoms with Gasteiger partial charge in [-0.3, -0.25) is 19.3 Å². The first-order valence-corrected chi connectivity index (χ1v) is 12.7. The van der Waals surface area contributed by atoms with Crippen LogP contribution in [0.2, 0.25) is 0 Å². The van der Waals surface area contributed by atoms with E-state index in [1.54, 1.807) is 29.2 Å². The van der Waals surface area contributed by atoms with Crippen molar-refractivity contribution >= 4 is 27.9 Å². The Morgan fingerprint density at radius 2 is 1.45 bits per heavy atom. The van der Waals surface area contributed by atoms with Crippen molar-refractivity contribution in [1.82, 2.24) is 18.4 Å². The van der Waals surface area contributed by atoms with Gasteiger partial charge in [-0.1, -0.05) is 12.1 Å². The summed E-state index contributed by atoms with van der Waals surface area (Å²) in [4.78, 5) is 39.4. The van der Waals surface area contributed by atoms with Crippen molar-refractivity contribution in [3.05, 3.63) is 35.4 Å². The molecule has 4 rings (SSSR count). The van der Waals surface area contributed by atoms with E-state index in [1.165, 1.54) is 13.5 Å². The highest BCUT2D eigenvalue weighted by Gasteiger charge is 2.37. The molecule has 0 N–H and O–H groups in total. The molecule has 0 unspecified atom stereocenters. The van der Waals surface area contributed by atoms with Gasteiger partial charge in [0, 0.05) is 57.7 Å². The minimum Gasteiger partial charge on any atom is -0.373 e. The lowest BCUT2D eigenvalue weighted by molar-refractivity contribution is -0.139. The number of ether oxygens (including phenoxy) is 1. The summed E-state index contributed by atoms with van der Waals surface area (Å²) in [6.07, 6.45) is 0.189. The fourth-order valence-electron chi connectivity index (χ4n) is 4.52. The van der Waals surface area contributed by atoms with Crippen molar-refractivity contribution in [2.75, 3.05) is 39.3 Å².